The van der Waals surface area contributed by atoms with E-state index in [2.05, 4.69) is 19.9 Å². The molecule has 2 unspecified atom stereocenters. The van der Waals surface area contributed by atoms with Crippen molar-refractivity contribution in [2.24, 2.45) is 11.3 Å². The van der Waals surface area contributed by atoms with Gasteiger partial charge in [0.05, 0.1) is 0 Å². The third-order valence-corrected chi connectivity index (χ3v) is 3.77. The number of Topliss-reactive ketones (excluding diaryl/α,β-unsaturated/α-hetero) is 1. The van der Waals surface area contributed by atoms with Gasteiger partial charge in [0.25, 0.3) is 0 Å². The molecule has 0 aromatic heterocycles. The van der Waals surface area contributed by atoms with E-state index in [4.69, 9.17) is 0 Å². The van der Waals surface area contributed by atoms with Gasteiger partial charge in [-0.1, -0.05) is 25.0 Å². The Labute approximate surface area is 80.2 Å². The zero-order chi connectivity index (χ0) is 9.47. The highest BCUT2D eigenvalue weighted by Gasteiger charge is 2.42. The van der Waals surface area contributed by atoms with Gasteiger partial charge in [0, 0.05) is 11.3 Å². The van der Waals surface area contributed by atoms with Crippen LogP contribution in [0.3, 0.4) is 0 Å². The number of carbonyl (C=O) groups is 1. The standard InChI is InChI=1S/C12H18O/c1-3-12(2)8-9-6-4-5-7-10(9)11(12)13/h8,10H,3-7H2,1-2H3. The maximum absolute atomic E-state index is 12.0. The van der Waals surface area contributed by atoms with Gasteiger partial charge >= 0.3 is 0 Å². The van der Waals surface area contributed by atoms with Crippen molar-refractivity contribution in [1.29, 1.82) is 0 Å². The van der Waals surface area contributed by atoms with Crippen LogP contribution < -0.4 is 0 Å². The average molecular weight is 178 g/mol. The minimum atomic E-state index is -0.121. The van der Waals surface area contributed by atoms with Crippen LogP contribution in [0.25, 0.3) is 0 Å². The number of hydrogen-bond acceptors (Lipinski definition) is 1. The summed E-state index contributed by atoms with van der Waals surface area (Å²) in [6, 6.07) is 0. The molecular weight excluding hydrogens is 160 g/mol. The molecule has 2 aliphatic rings. The van der Waals surface area contributed by atoms with E-state index in [9.17, 15) is 4.79 Å². The van der Waals surface area contributed by atoms with E-state index >= 15 is 0 Å². The molecule has 1 fully saturated rings. The van der Waals surface area contributed by atoms with Gasteiger partial charge in [-0.25, -0.2) is 0 Å². The molecule has 0 radical (unpaired) electrons. The molecule has 2 rings (SSSR count). The van der Waals surface area contributed by atoms with Gasteiger partial charge in [-0.15, -0.1) is 0 Å². The quantitative estimate of drug-likeness (QED) is 0.564. The Hall–Kier alpha value is -0.590. The van der Waals surface area contributed by atoms with Crippen molar-refractivity contribution in [3.05, 3.63) is 11.6 Å². The van der Waals surface area contributed by atoms with E-state index in [0.29, 0.717) is 11.7 Å². The Morgan fingerprint density at radius 3 is 2.92 bits per heavy atom. The molecule has 0 N–H and O–H groups in total. The third-order valence-electron chi connectivity index (χ3n) is 3.77. The lowest BCUT2D eigenvalue weighted by Gasteiger charge is -2.22. The number of carbonyl (C=O) groups excluding carboxylic acids is 1. The van der Waals surface area contributed by atoms with Crippen LogP contribution in [0, 0.1) is 11.3 Å². The molecule has 1 saturated carbocycles. The van der Waals surface area contributed by atoms with Crippen molar-refractivity contribution < 1.29 is 4.79 Å². The molecular formula is C12H18O. The third kappa shape index (κ3) is 1.25. The van der Waals surface area contributed by atoms with E-state index in [1.54, 1.807) is 0 Å². The number of fused-ring (bicyclic) bond motifs is 1. The smallest absolute Gasteiger partial charge is 0.149 e. The Bertz CT molecular complexity index is 264. The second kappa shape index (κ2) is 2.97. The van der Waals surface area contributed by atoms with Crippen LogP contribution >= 0.6 is 0 Å². The molecule has 0 saturated heterocycles. The summed E-state index contributed by atoms with van der Waals surface area (Å²) < 4.78 is 0. The van der Waals surface area contributed by atoms with Gasteiger partial charge in [0.1, 0.15) is 5.78 Å². The van der Waals surface area contributed by atoms with Crippen LogP contribution in [-0.2, 0) is 4.79 Å². The van der Waals surface area contributed by atoms with E-state index in [1.165, 1.54) is 24.8 Å². The average Bonchev–Trinajstić information content (AvgIpc) is 2.41. The summed E-state index contributed by atoms with van der Waals surface area (Å²) in [6.45, 7) is 4.22. The van der Waals surface area contributed by atoms with E-state index in [0.717, 1.165) is 12.8 Å². The van der Waals surface area contributed by atoms with Crippen molar-refractivity contribution in [3.63, 3.8) is 0 Å². The fraction of sp³-hybridized carbons (Fsp3) is 0.750. The van der Waals surface area contributed by atoms with Gasteiger partial charge < -0.3 is 0 Å². The Morgan fingerprint density at radius 2 is 2.31 bits per heavy atom. The maximum atomic E-state index is 12.0. The molecule has 0 aromatic carbocycles. The normalized spacial score (nSPS) is 38.8. The first kappa shape index (κ1) is 8.98. The monoisotopic (exact) mass is 178 g/mol. The summed E-state index contributed by atoms with van der Waals surface area (Å²) in [5.74, 6) is 0.795. The van der Waals surface area contributed by atoms with Crippen molar-refractivity contribution >= 4 is 5.78 Å². The van der Waals surface area contributed by atoms with Crippen LogP contribution in [0.2, 0.25) is 0 Å². The fourth-order valence-electron chi connectivity index (χ4n) is 2.66. The summed E-state index contributed by atoms with van der Waals surface area (Å²) in [5.41, 5.74) is 1.32. The van der Waals surface area contributed by atoms with Crippen molar-refractivity contribution in [1.82, 2.24) is 0 Å². The first-order valence-corrected chi connectivity index (χ1v) is 5.43. The topological polar surface area (TPSA) is 17.1 Å². The fourth-order valence-corrected chi connectivity index (χ4v) is 2.66. The van der Waals surface area contributed by atoms with Crippen LogP contribution in [0.4, 0.5) is 0 Å². The van der Waals surface area contributed by atoms with E-state index in [1.807, 2.05) is 0 Å². The SMILES string of the molecule is CCC1(C)C=C2CCCCC2C1=O. The number of hydrogen-bond donors (Lipinski definition) is 0. The summed E-state index contributed by atoms with van der Waals surface area (Å²) in [4.78, 5) is 12.0. The Balaban J connectivity index is 2.29. The molecule has 2 atom stereocenters. The number of rotatable bonds is 1. The van der Waals surface area contributed by atoms with E-state index < -0.39 is 0 Å². The van der Waals surface area contributed by atoms with Crippen LogP contribution in [0.5, 0.6) is 0 Å². The molecule has 72 valence electrons. The molecule has 13 heavy (non-hydrogen) atoms. The maximum Gasteiger partial charge on any atom is 0.149 e. The largest absolute Gasteiger partial charge is 0.298 e. The second-order valence-electron chi connectivity index (χ2n) is 4.65. The summed E-state index contributed by atoms with van der Waals surface area (Å²) in [7, 11) is 0. The highest BCUT2D eigenvalue weighted by molar-refractivity contribution is 5.94. The molecule has 0 amide bonds. The minimum absolute atomic E-state index is 0.121. The molecule has 0 spiro atoms. The summed E-state index contributed by atoms with van der Waals surface area (Å²) in [6.07, 6.45) is 8.04. The van der Waals surface area contributed by atoms with Gasteiger partial charge in [0.2, 0.25) is 0 Å². The van der Waals surface area contributed by atoms with Crippen LogP contribution in [0.15, 0.2) is 11.6 Å². The molecule has 1 nitrogen and oxygen atoms in total. The molecule has 1 heteroatoms. The van der Waals surface area contributed by atoms with Crippen molar-refractivity contribution in [3.8, 4) is 0 Å². The van der Waals surface area contributed by atoms with Crippen LogP contribution in [-0.4, -0.2) is 5.78 Å². The van der Waals surface area contributed by atoms with Crippen molar-refractivity contribution in [2.45, 2.75) is 46.0 Å². The second-order valence-corrected chi connectivity index (χ2v) is 4.65. The predicted molar refractivity (Wildman–Crippen MR) is 53.4 cm³/mol. The van der Waals surface area contributed by atoms with Crippen molar-refractivity contribution in [2.75, 3.05) is 0 Å². The lowest BCUT2D eigenvalue weighted by Crippen LogP contribution is -2.26. The van der Waals surface area contributed by atoms with Gasteiger partial charge in [-0.3, -0.25) is 4.79 Å². The first-order valence-electron chi connectivity index (χ1n) is 5.43. The van der Waals surface area contributed by atoms with Crippen LogP contribution in [0.1, 0.15) is 46.0 Å². The molecule has 0 aromatic rings. The van der Waals surface area contributed by atoms with Gasteiger partial charge in [-0.2, -0.15) is 0 Å². The minimum Gasteiger partial charge on any atom is -0.298 e. The summed E-state index contributed by atoms with van der Waals surface area (Å²) in [5, 5.41) is 0. The zero-order valence-corrected chi connectivity index (χ0v) is 8.60. The lowest BCUT2D eigenvalue weighted by atomic mass is 9.80. The molecule has 2 aliphatic carbocycles. The molecule has 0 aliphatic heterocycles. The lowest BCUT2D eigenvalue weighted by molar-refractivity contribution is -0.127. The molecule has 0 heterocycles. The molecule has 0 bridgehead atoms. The Kier molecular flexibility index (Phi) is 2.05. The summed E-state index contributed by atoms with van der Waals surface area (Å²) >= 11 is 0. The number of ketones is 1. The van der Waals surface area contributed by atoms with E-state index in [-0.39, 0.29) is 5.41 Å². The number of allylic oxidation sites excluding steroid dienone is 2. The highest BCUT2D eigenvalue weighted by atomic mass is 16.1. The Morgan fingerprint density at radius 1 is 1.54 bits per heavy atom. The zero-order valence-electron chi connectivity index (χ0n) is 8.60. The van der Waals surface area contributed by atoms with Gasteiger partial charge in [0.15, 0.2) is 0 Å². The van der Waals surface area contributed by atoms with Gasteiger partial charge in [-0.05, 0) is 32.6 Å². The first-order chi connectivity index (χ1) is 6.17. The highest BCUT2D eigenvalue weighted by Crippen LogP contribution is 2.45. The predicted octanol–water partition coefficient (Wildman–Crippen LogP) is 3.10.